The van der Waals surface area contributed by atoms with Crippen LogP contribution < -0.4 is 0 Å². The molecule has 0 N–H and O–H groups in total. The zero-order valence-corrected chi connectivity index (χ0v) is 13.0. The molecule has 0 bridgehead atoms. The number of halogens is 1. The van der Waals surface area contributed by atoms with E-state index < -0.39 is 10.2 Å². The summed E-state index contributed by atoms with van der Waals surface area (Å²) in [4.78, 5) is 0. The van der Waals surface area contributed by atoms with Crippen LogP contribution in [0.4, 0.5) is 0 Å². The average Bonchev–Trinajstić information content (AvgIpc) is 2.68. The maximum Gasteiger partial charge on any atom is 0.282 e. The summed E-state index contributed by atoms with van der Waals surface area (Å²) in [6.45, 7) is 2.77. The molecule has 5 nitrogen and oxygen atoms in total. The van der Waals surface area contributed by atoms with Gasteiger partial charge in [0.2, 0.25) is 0 Å². The summed E-state index contributed by atoms with van der Waals surface area (Å²) in [5.74, 6) is 0. The second kappa shape index (κ2) is 6.65. The van der Waals surface area contributed by atoms with Crippen molar-refractivity contribution in [3.8, 4) is 0 Å². The minimum Gasteiger partial charge on any atom is -0.378 e. The molecular formula is C11H21BrN2O3S. The van der Waals surface area contributed by atoms with Gasteiger partial charge in [-0.1, -0.05) is 28.8 Å². The Hall–Kier alpha value is 0.310. The summed E-state index contributed by atoms with van der Waals surface area (Å²) in [5, 5.41) is 0.625. The standard InChI is InChI=1S/C11H21BrN2O3S/c12-9-11-10-17-8-7-14(11)18(15,16)13-5-3-1-2-4-6-13/h11H,1-10H2. The maximum atomic E-state index is 12.6. The summed E-state index contributed by atoms with van der Waals surface area (Å²) >= 11 is 3.38. The molecule has 0 aliphatic carbocycles. The summed E-state index contributed by atoms with van der Waals surface area (Å²) in [6, 6.07) is -0.0768. The lowest BCUT2D eigenvalue weighted by atomic mass is 10.2. The van der Waals surface area contributed by atoms with Crippen molar-refractivity contribution in [3.05, 3.63) is 0 Å². The van der Waals surface area contributed by atoms with Gasteiger partial charge in [0.25, 0.3) is 10.2 Å². The molecule has 0 aromatic heterocycles. The van der Waals surface area contributed by atoms with Crippen LogP contribution in [0.25, 0.3) is 0 Å². The molecule has 0 saturated carbocycles. The molecule has 2 aliphatic rings. The van der Waals surface area contributed by atoms with Crippen molar-refractivity contribution in [1.29, 1.82) is 0 Å². The first-order valence-corrected chi connectivity index (χ1v) is 9.08. The van der Waals surface area contributed by atoms with Crippen molar-refractivity contribution < 1.29 is 13.2 Å². The molecule has 0 aromatic rings. The summed E-state index contributed by atoms with van der Waals surface area (Å²) in [6.07, 6.45) is 4.22. The molecule has 1 unspecified atom stereocenters. The lowest BCUT2D eigenvalue weighted by Gasteiger charge is -2.36. The fraction of sp³-hybridized carbons (Fsp3) is 1.00. The first kappa shape index (κ1) is 14.7. The second-order valence-corrected chi connectivity index (χ2v) is 7.34. The maximum absolute atomic E-state index is 12.6. The Bertz CT molecular complexity index is 355. The van der Waals surface area contributed by atoms with E-state index in [9.17, 15) is 8.42 Å². The minimum atomic E-state index is -3.31. The van der Waals surface area contributed by atoms with Crippen LogP contribution in [0.2, 0.25) is 0 Å². The van der Waals surface area contributed by atoms with Gasteiger partial charge in [-0.25, -0.2) is 0 Å². The third-order valence-electron chi connectivity index (χ3n) is 3.54. The summed E-state index contributed by atoms with van der Waals surface area (Å²) in [7, 11) is -3.31. The van der Waals surface area contributed by atoms with Crippen molar-refractivity contribution >= 4 is 26.1 Å². The number of rotatable bonds is 3. The van der Waals surface area contributed by atoms with E-state index in [0.29, 0.717) is 38.2 Å². The van der Waals surface area contributed by atoms with Crippen molar-refractivity contribution in [3.63, 3.8) is 0 Å². The highest BCUT2D eigenvalue weighted by atomic mass is 79.9. The molecule has 2 aliphatic heterocycles. The monoisotopic (exact) mass is 340 g/mol. The van der Waals surface area contributed by atoms with E-state index in [0.717, 1.165) is 25.7 Å². The molecule has 0 spiro atoms. The summed E-state index contributed by atoms with van der Waals surface area (Å²) in [5.41, 5.74) is 0. The zero-order chi connectivity index (χ0) is 13.0. The minimum absolute atomic E-state index is 0.0768. The van der Waals surface area contributed by atoms with Gasteiger partial charge in [-0.05, 0) is 12.8 Å². The second-order valence-electron chi connectivity index (χ2n) is 4.81. The van der Waals surface area contributed by atoms with Gasteiger partial charge in [0.1, 0.15) is 0 Å². The van der Waals surface area contributed by atoms with Crippen molar-refractivity contribution in [2.75, 3.05) is 38.2 Å². The number of hydrogen-bond acceptors (Lipinski definition) is 3. The third-order valence-corrected chi connectivity index (χ3v) is 6.38. The van der Waals surface area contributed by atoms with Crippen LogP contribution in [-0.4, -0.2) is 61.2 Å². The normalized spacial score (nSPS) is 29.1. The smallest absolute Gasteiger partial charge is 0.282 e. The zero-order valence-electron chi connectivity index (χ0n) is 10.6. The number of ether oxygens (including phenoxy) is 1. The Morgan fingerprint density at radius 1 is 1.11 bits per heavy atom. The molecule has 106 valence electrons. The predicted octanol–water partition coefficient (Wildman–Crippen LogP) is 1.20. The van der Waals surface area contributed by atoms with E-state index in [-0.39, 0.29) is 6.04 Å². The van der Waals surface area contributed by atoms with Crippen LogP contribution in [0, 0.1) is 0 Å². The molecule has 2 heterocycles. The Kier molecular flexibility index (Phi) is 5.44. The van der Waals surface area contributed by atoms with Crippen molar-refractivity contribution in [2.45, 2.75) is 31.7 Å². The Morgan fingerprint density at radius 2 is 1.78 bits per heavy atom. The predicted molar refractivity (Wildman–Crippen MR) is 74.1 cm³/mol. The summed E-state index contributed by atoms with van der Waals surface area (Å²) < 4.78 is 33.9. The largest absolute Gasteiger partial charge is 0.378 e. The highest BCUT2D eigenvalue weighted by molar-refractivity contribution is 9.09. The van der Waals surface area contributed by atoms with Crippen LogP contribution >= 0.6 is 15.9 Å². The number of hydrogen-bond donors (Lipinski definition) is 0. The fourth-order valence-corrected chi connectivity index (χ4v) is 5.05. The van der Waals surface area contributed by atoms with Gasteiger partial charge in [0.05, 0.1) is 19.3 Å². The highest BCUT2D eigenvalue weighted by Gasteiger charge is 2.36. The highest BCUT2D eigenvalue weighted by Crippen LogP contribution is 2.21. The molecule has 2 rings (SSSR count). The van der Waals surface area contributed by atoms with Crippen LogP contribution in [-0.2, 0) is 14.9 Å². The molecular weight excluding hydrogens is 320 g/mol. The molecule has 2 saturated heterocycles. The van der Waals surface area contributed by atoms with Crippen LogP contribution in [0.1, 0.15) is 25.7 Å². The average molecular weight is 341 g/mol. The molecule has 0 aromatic carbocycles. The van der Waals surface area contributed by atoms with Gasteiger partial charge < -0.3 is 4.74 Å². The molecule has 0 radical (unpaired) electrons. The van der Waals surface area contributed by atoms with E-state index >= 15 is 0 Å². The number of alkyl halides is 1. The third kappa shape index (κ3) is 3.25. The lowest BCUT2D eigenvalue weighted by Crippen LogP contribution is -2.54. The van der Waals surface area contributed by atoms with E-state index in [1.54, 1.807) is 8.61 Å². The lowest BCUT2D eigenvalue weighted by molar-refractivity contribution is 0.0384. The number of nitrogens with zero attached hydrogens (tertiary/aromatic N) is 2. The van der Waals surface area contributed by atoms with E-state index in [2.05, 4.69) is 15.9 Å². The SMILES string of the molecule is O=S(=O)(N1CCCCCC1)N1CCOCC1CBr. The number of morpholine rings is 1. The Labute approximate surface area is 118 Å². The molecule has 1 atom stereocenters. The van der Waals surface area contributed by atoms with Gasteiger partial charge >= 0.3 is 0 Å². The van der Waals surface area contributed by atoms with Crippen molar-refractivity contribution in [1.82, 2.24) is 8.61 Å². The van der Waals surface area contributed by atoms with Gasteiger partial charge in [-0.15, -0.1) is 0 Å². The van der Waals surface area contributed by atoms with Crippen LogP contribution in [0.5, 0.6) is 0 Å². The van der Waals surface area contributed by atoms with Crippen molar-refractivity contribution in [2.24, 2.45) is 0 Å². The molecule has 7 heteroatoms. The van der Waals surface area contributed by atoms with E-state index in [4.69, 9.17) is 4.74 Å². The molecule has 2 fully saturated rings. The molecule has 0 amide bonds. The van der Waals surface area contributed by atoms with E-state index in [1.165, 1.54) is 0 Å². The first-order valence-electron chi connectivity index (χ1n) is 6.57. The van der Waals surface area contributed by atoms with Gasteiger partial charge in [-0.2, -0.15) is 17.0 Å². The van der Waals surface area contributed by atoms with Gasteiger partial charge in [0.15, 0.2) is 0 Å². The Morgan fingerprint density at radius 3 is 2.39 bits per heavy atom. The first-order chi connectivity index (χ1) is 8.66. The fourth-order valence-electron chi connectivity index (χ4n) is 2.49. The van der Waals surface area contributed by atoms with Gasteiger partial charge in [-0.3, -0.25) is 0 Å². The van der Waals surface area contributed by atoms with E-state index in [1.807, 2.05) is 0 Å². The van der Waals surface area contributed by atoms with Crippen LogP contribution in [0.3, 0.4) is 0 Å². The topological polar surface area (TPSA) is 49.9 Å². The quantitative estimate of drug-likeness (QED) is 0.725. The molecule has 18 heavy (non-hydrogen) atoms. The Balaban J connectivity index is 2.12. The van der Waals surface area contributed by atoms with Crippen LogP contribution in [0.15, 0.2) is 0 Å². The van der Waals surface area contributed by atoms with Gasteiger partial charge in [0, 0.05) is 25.0 Å².